The second-order valence-corrected chi connectivity index (χ2v) is 7.91. The Labute approximate surface area is 176 Å². The standard InChI is InChI=1S/C21H20ClF3N4O/c22-14-11-26-20(27-12-14)30-17-8-4-7-15-18(17)16(29-19(28-15)21(23,24)25)10-9-13-5-2-1-3-6-13/h4,7-8,11-13H,1-3,5-6,9-10H2. The molecule has 30 heavy (non-hydrogen) atoms. The van der Waals surface area contributed by atoms with E-state index in [1.807, 2.05) is 0 Å². The van der Waals surface area contributed by atoms with Crippen molar-refractivity contribution in [1.82, 2.24) is 19.9 Å². The summed E-state index contributed by atoms with van der Waals surface area (Å²) in [7, 11) is 0. The van der Waals surface area contributed by atoms with Gasteiger partial charge in [-0.25, -0.2) is 19.9 Å². The van der Waals surface area contributed by atoms with E-state index in [0.717, 1.165) is 19.3 Å². The van der Waals surface area contributed by atoms with Gasteiger partial charge in [-0.2, -0.15) is 13.2 Å². The molecule has 0 spiro atoms. The molecule has 2 aromatic heterocycles. The van der Waals surface area contributed by atoms with E-state index in [1.54, 1.807) is 12.1 Å². The lowest BCUT2D eigenvalue weighted by molar-refractivity contribution is -0.144. The first-order chi connectivity index (χ1) is 14.4. The molecular formula is C21H20ClF3N4O. The van der Waals surface area contributed by atoms with E-state index in [2.05, 4.69) is 19.9 Å². The van der Waals surface area contributed by atoms with E-state index in [1.165, 1.54) is 37.7 Å². The number of nitrogens with zero attached hydrogens (tertiary/aromatic N) is 4. The molecule has 0 unspecified atom stereocenters. The van der Waals surface area contributed by atoms with E-state index in [4.69, 9.17) is 16.3 Å². The first-order valence-corrected chi connectivity index (χ1v) is 10.3. The van der Waals surface area contributed by atoms with Crippen LogP contribution in [0.4, 0.5) is 13.2 Å². The fourth-order valence-corrected chi connectivity index (χ4v) is 3.98. The number of aromatic nitrogens is 4. The molecular weight excluding hydrogens is 417 g/mol. The molecule has 9 heteroatoms. The Balaban J connectivity index is 1.73. The number of alkyl halides is 3. The van der Waals surface area contributed by atoms with Crippen LogP contribution in [0.15, 0.2) is 30.6 Å². The first-order valence-electron chi connectivity index (χ1n) is 9.92. The van der Waals surface area contributed by atoms with Gasteiger partial charge in [0.2, 0.25) is 5.82 Å². The summed E-state index contributed by atoms with van der Waals surface area (Å²) in [6.07, 6.45) is 5.15. The molecule has 1 aliphatic carbocycles. The Hall–Kier alpha value is -2.48. The van der Waals surface area contributed by atoms with Crippen molar-refractivity contribution in [2.24, 2.45) is 5.92 Å². The maximum Gasteiger partial charge on any atom is 0.451 e. The molecule has 0 radical (unpaired) electrons. The number of fused-ring (bicyclic) bond motifs is 1. The predicted molar refractivity (Wildman–Crippen MR) is 107 cm³/mol. The van der Waals surface area contributed by atoms with E-state index in [-0.39, 0.29) is 11.5 Å². The molecule has 0 saturated heterocycles. The number of halogens is 4. The van der Waals surface area contributed by atoms with Crippen molar-refractivity contribution in [3.8, 4) is 11.8 Å². The van der Waals surface area contributed by atoms with Crippen molar-refractivity contribution in [3.05, 3.63) is 47.1 Å². The van der Waals surface area contributed by atoms with Crippen molar-refractivity contribution in [1.29, 1.82) is 0 Å². The summed E-state index contributed by atoms with van der Waals surface area (Å²) in [5.74, 6) is -0.304. The second-order valence-electron chi connectivity index (χ2n) is 7.47. The molecule has 0 aliphatic heterocycles. The Bertz CT molecular complexity index is 1020. The van der Waals surface area contributed by atoms with Crippen LogP contribution in [0.2, 0.25) is 5.02 Å². The molecule has 1 aliphatic rings. The average Bonchev–Trinajstić information content (AvgIpc) is 2.73. The quantitative estimate of drug-likeness (QED) is 0.463. The molecule has 0 atom stereocenters. The molecule has 5 nitrogen and oxygen atoms in total. The van der Waals surface area contributed by atoms with Gasteiger partial charge in [0.25, 0.3) is 0 Å². The van der Waals surface area contributed by atoms with Crippen LogP contribution in [0.25, 0.3) is 10.9 Å². The third kappa shape index (κ3) is 4.80. The lowest BCUT2D eigenvalue weighted by Gasteiger charge is -2.21. The fraction of sp³-hybridized carbons (Fsp3) is 0.429. The number of hydrogen-bond donors (Lipinski definition) is 0. The topological polar surface area (TPSA) is 60.8 Å². The van der Waals surface area contributed by atoms with Gasteiger partial charge < -0.3 is 4.74 Å². The normalized spacial score (nSPS) is 15.5. The van der Waals surface area contributed by atoms with Crippen LogP contribution < -0.4 is 4.74 Å². The summed E-state index contributed by atoms with van der Waals surface area (Å²) >= 11 is 5.80. The zero-order valence-corrected chi connectivity index (χ0v) is 16.9. The van der Waals surface area contributed by atoms with Crippen molar-refractivity contribution in [2.75, 3.05) is 0 Å². The average molecular weight is 437 g/mol. The van der Waals surface area contributed by atoms with Gasteiger partial charge in [-0.15, -0.1) is 0 Å². The molecule has 0 N–H and O–H groups in total. The highest BCUT2D eigenvalue weighted by atomic mass is 35.5. The van der Waals surface area contributed by atoms with Gasteiger partial charge in [0.15, 0.2) is 0 Å². The van der Waals surface area contributed by atoms with Crippen LogP contribution >= 0.6 is 11.6 Å². The molecule has 3 aromatic rings. The van der Waals surface area contributed by atoms with Crippen molar-refractivity contribution < 1.29 is 17.9 Å². The van der Waals surface area contributed by atoms with Gasteiger partial charge in [-0.1, -0.05) is 49.8 Å². The molecule has 158 valence electrons. The van der Waals surface area contributed by atoms with Crippen LogP contribution in [-0.4, -0.2) is 19.9 Å². The van der Waals surface area contributed by atoms with E-state index < -0.39 is 12.0 Å². The highest BCUT2D eigenvalue weighted by Crippen LogP contribution is 2.35. The lowest BCUT2D eigenvalue weighted by Crippen LogP contribution is -2.14. The summed E-state index contributed by atoms with van der Waals surface area (Å²) in [5, 5.41) is 0.812. The van der Waals surface area contributed by atoms with E-state index in [9.17, 15) is 13.2 Å². The number of aryl methyl sites for hydroxylation is 1. The van der Waals surface area contributed by atoms with Crippen LogP contribution in [-0.2, 0) is 12.6 Å². The van der Waals surface area contributed by atoms with Crippen LogP contribution in [0, 0.1) is 5.92 Å². The molecule has 0 bridgehead atoms. The highest BCUT2D eigenvalue weighted by molar-refractivity contribution is 6.30. The van der Waals surface area contributed by atoms with Gasteiger partial charge in [0.1, 0.15) is 5.75 Å². The van der Waals surface area contributed by atoms with Crippen LogP contribution in [0.3, 0.4) is 0 Å². The van der Waals surface area contributed by atoms with Crippen molar-refractivity contribution >= 4 is 22.5 Å². The zero-order chi connectivity index (χ0) is 21.1. The van der Waals surface area contributed by atoms with E-state index in [0.29, 0.717) is 34.2 Å². The Morgan fingerprint density at radius 2 is 1.77 bits per heavy atom. The molecule has 1 fully saturated rings. The van der Waals surface area contributed by atoms with Gasteiger partial charge in [-0.3, -0.25) is 0 Å². The monoisotopic (exact) mass is 436 g/mol. The molecule has 0 amide bonds. The van der Waals surface area contributed by atoms with Gasteiger partial charge in [0.05, 0.1) is 34.0 Å². The summed E-state index contributed by atoms with van der Waals surface area (Å²) in [5.41, 5.74) is 0.518. The minimum Gasteiger partial charge on any atom is -0.424 e. The van der Waals surface area contributed by atoms with Gasteiger partial charge >= 0.3 is 12.2 Å². The van der Waals surface area contributed by atoms with Crippen LogP contribution in [0.5, 0.6) is 11.8 Å². The molecule has 2 heterocycles. The predicted octanol–water partition coefficient (Wildman–Crippen LogP) is 6.40. The summed E-state index contributed by atoms with van der Waals surface area (Å²) in [6.45, 7) is 0. The van der Waals surface area contributed by atoms with E-state index >= 15 is 0 Å². The number of ether oxygens (including phenoxy) is 1. The number of rotatable bonds is 5. The van der Waals surface area contributed by atoms with Gasteiger partial charge in [0, 0.05) is 0 Å². The molecule has 4 rings (SSSR count). The fourth-order valence-electron chi connectivity index (χ4n) is 3.89. The largest absolute Gasteiger partial charge is 0.451 e. The number of hydrogen-bond acceptors (Lipinski definition) is 5. The maximum atomic E-state index is 13.4. The van der Waals surface area contributed by atoms with Crippen molar-refractivity contribution in [2.45, 2.75) is 51.1 Å². The SMILES string of the molecule is FC(F)(F)c1nc(CCC2CCCCC2)c2c(Oc3ncc(Cl)cn3)cccc2n1. The number of benzene rings is 1. The second kappa shape index (κ2) is 8.71. The van der Waals surface area contributed by atoms with Crippen LogP contribution in [0.1, 0.15) is 50.0 Å². The smallest absolute Gasteiger partial charge is 0.424 e. The van der Waals surface area contributed by atoms with Crippen molar-refractivity contribution in [3.63, 3.8) is 0 Å². The minimum atomic E-state index is -4.62. The lowest BCUT2D eigenvalue weighted by atomic mass is 9.85. The third-order valence-corrected chi connectivity index (χ3v) is 5.52. The third-order valence-electron chi connectivity index (χ3n) is 5.33. The zero-order valence-electron chi connectivity index (χ0n) is 16.1. The summed E-state index contributed by atoms with van der Waals surface area (Å²) < 4.78 is 45.9. The summed E-state index contributed by atoms with van der Waals surface area (Å²) in [6, 6.07) is 4.82. The van der Waals surface area contributed by atoms with Gasteiger partial charge in [-0.05, 0) is 30.9 Å². The Morgan fingerprint density at radius 1 is 1.03 bits per heavy atom. The minimum absolute atomic E-state index is 0.0463. The molecule has 1 aromatic carbocycles. The highest BCUT2D eigenvalue weighted by Gasteiger charge is 2.36. The Kier molecular flexibility index (Phi) is 6.04. The Morgan fingerprint density at radius 3 is 2.47 bits per heavy atom. The molecule has 1 saturated carbocycles. The summed E-state index contributed by atoms with van der Waals surface area (Å²) in [4.78, 5) is 15.6. The first kappa shape index (κ1) is 20.8. The maximum absolute atomic E-state index is 13.4.